The summed E-state index contributed by atoms with van der Waals surface area (Å²) in [4.78, 5) is 1.89. The molecule has 0 fully saturated rings. The Kier molecular flexibility index (Phi) is 3.29. The molecule has 0 atom stereocenters. The highest BCUT2D eigenvalue weighted by molar-refractivity contribution is 5.64. The van der Waals surface area contributed by atoms with Crippen molar-refractivity contribution >= 4 is 11.4 Å². The summed E-state index contributed by atoms with van der Waals surface area (Å²) in [6, 6.07) is 14.1. The standard InChI is InChI=1S/C15H13FN2/c1-11-8-15(7-6-12(11)10-17)18(2)14-5-3-4-13(16)9-14/h3-9H,1-2H3. The third-order valence-corrected chi connectivity index (χ3v) is 2.91. The molecule has 90 valence electrons. The third-order valence-electron chi connectivity index (χ3n) is 2.91. The van der Waals surface area contributed by atoms with E-state index in [1.54, 1.807) is 12.1 Å². The highest BCUT2D eigenvalue weighted by atomic mass is 19.1. The van der Waals surface area contributed by atoms with E-state index < -0.39 is 0 Å². The van der Waals surface area contributed by atoms with Crippen LogP contribution in [0.4, 0.5) is 15.8 Å². The van der Waals surface area contributed by atoms with Crippen molar-refractivity contribution in [3.63, 3.8) is 0 Å². The fourth-order valence-corrected chi connectivity index (χ4v) is 1.82. The lowest BCUT2D eigenvalue weighted by Gasteiger charge is -2.20. The van der Waals surface area contributed by atoms with Crippen LogP contribution >= 0.6 is 0 Å². The zero-order chi connectivity index (χ0) is 13.1. The van der Waals surface area contributed by atoms with Gasteiger partial charge < -0.3 is 4.90 Å². The van der Waals surface area contributed by atoms with Crippen LogP contribution in [0.3, 0.4) is 0 Å². The molecule has 0 unspecified atom stereocenters. The summed E-state index contributed by atoms with van der Waals surface area (Å²) in [7, 11) is 1.87. The van der Waals surface area contributed by atoms with E-state index in [1.165, 1.54) is 12.1 Å². The number of nitriles is 1. The number of halogens is 1. The van der Waals surface area contributed by atoms with Gasteiger partial charge in [-0.05, 0) is 48.9 Å². The number of hydrogen-bond acceptors (Lipinski definition) is 2. The molecule has 0 saturated heterocycles. The van der Waals surface area contributed by atoms with Gasteiger partial charge >= 0.3 is 0 Å². The van der Waals surface area contributed by atoms with E-state index in [0.29, 0.717) is 5.56 Å². The van der Waals surface area contributed by atoms with Crippen LogP contribution < -0.4 is 4.90 Å². The minimum atomic E-state index is -0.260. The molecule has 0 aliphatic heterocycles. The van der Waals surface area contributed by atoms with Gasteiger partial charge in [-0.1, -0.05) is 6.07 Å². The van der Waals surface area contributed by atoms with Gasteiger partial charge in [0.15, 0.2) is 0 Å². The van der Waals surface area contributed by atoms with Gasteiger partial charge in [-0.3, -0.25) is 0 Å². The SMILES string of the molecule is Cc1cc(N(C)c2cccc(F)c2)ccc1C#N. The van der Waals surface area contributed by atoms with Gasteiger partial charge in [0.05, 0.1) is 11.6 Å². The molecule has 0 heterocycles. The monoisotopic (exact) mass is 240 g/mol. The Balaban J connectivity index is 2.38. The average Bonchev–Trinajstić information content (AvgIpc) is 2.37. The van der Waals surface area contributed by atoms with Crippen molar-refractivity contribution in [3.8, 4) is 6.07 Å². The van der Waals surface area contributed by atoms with Crippen LogP contribution in [0.25, 0.3) is 0 Å². The van der Waals surface area contributed by atoms with Gasteiger partial charge in [-0.25, -0.2) is 4.39 Å². The first kappa shape index (κ1) is 12.1. The molecule has 3 heteroatoms. The van der Waals surface area contributed by atoms with Crippen LogP contribution in [0.5, 0.6) is 0 Å². The molecule has 0 bridgehead atoms. The molecule has 2 rings (SSSR count). The molecule has 18 heavy (non-hydrogen) atoms. The first-order valence-electron chi connectivity index (χ1n) is 5.62. The van der Waals surface area contributed by atoms with Crippen molar-refractivity contribution in [1.29, 1.82) is 5.26 Å². The lowest BCUT2D eigenvalue weighted by Crippen LogP contribution is -2.09. The molecule has 2 aromatic rings. The molecular formula is C15H13FN2. The van der Waals surface area contributed by atoms with E-state index in [9.17, 15) is 4.39 Å². The number of rotatable bonds is 2. The van der Waals surface area contributed by atoms with Crippen LogP contribution in [0.1, 0.15) is 11.1 Å². The molecule has 0 aromatic heterocycles. The van der Waals surface area contributed by atoms with E-state index in [1.807, 2.05) is 37.1 Å². The molecule has 0 amide bonds. The Morgan fingerprint density at radius 2 is 1.83 bits per heavy atom. The van der Waals surface area contributed by atoms with E-state index in [0.717, 1.165) is 16.9 Å². The van der Waals surface area contributed by atoms with Gasteiger partial charge in [0.25, 0.3) is 0 Å². The molecule has 0 N–H and O–H groups in total. The largest absolute Gasteiger partial charge is 0.345 e. The maximum Gasteiger partial charge on any atom is 0.125 e. The number of hydrogen-bond donors (Lipinski definition) is 0. The number of benzene rings is 2. The maximum atomic E-state index is 13.2. The van der Waals surface area contributed by atoms with E-state index in [-0.39, 0.29) is 5.82 Å². The van der Waals surface area contributed by atoms with E-state index >= 15 is 0 Å². The first-order valence-corrected chi connectivity index (χ1v) is 5.62. The Morgan fingerprint density at radius 3 is 2.44 bits per heavy atom. The summed E-state index contributed by atoms with van der Waals surface area (Å²) in [6.07, 6.45) is 0. The number of nitrogens with zero attached hydrogens (tertiary/aromatic N) is 2. The second-order valence-corrected chi connectivity index (χ2v) is 4.15. The topological polar surface area (TPSA) is 27.0 Å². The predicted octanol–water partition coefficient (Wildman–Crippen LogP) is 3.77. The fraction of sp³-hybridized carbons (Fsp3) is 0.133. The van der Waals surface area contributed by atoms with Crippen molar-refractivity contribution in [2.24, 2.45) is 0 Å². The summed E-state index contributed by atoms with van der Waals surface area (Å²) in [5.74, 6) is -0.260. The highest BCUT2D eigenvalue weighted by Gasteiger charge is 2.06. The predicted molar refractivity (Wildman–Crippen MR) is 70.4 cm³/mol. The van der Waals surface area contributed by atoms with E-state index in [4.69, 9.17) is 5.26 Å². The zero-order valence-electron chi connectivity index (χ0n) is 10.3. The average molecular weight is 240 g/mol. The van der Waals surface area contributed by atoms with Crippen molar-refractivity contribution in [3.05, 3.63) is 59.4 Å². The lowest BCUT2D eigenvalue weighted by molar-refractivity contribution is 0.628. The Labute approximate surface area is 106 Å². The minimum absolute atomic E-state index is 0.260. The third kappa shape index (κ3) is 2.33. The molecule has 0 aliphatic rings. The molecule has 2 nitrogen and oxygen atoms in total. The molecule has 0 saturated carbocycles. The van der Waals surface area contributed by atoms with Crippen molar-refractivity contribution in [2.45, 2.75) is 6.92 Å². The fourth-order valence-electron chi connectivity index (χ4n) is 1.82. The van der Waals surface area contributed by atoms with Gasteiger partial charge in [0.1, 0.15) is 5.82 Å². The van der Waals surface area contributed by atoms with Gasteiger partial charge in [-0.15, -0.1) is 0 Å². The summed E-state index contributed by atoms with van der Waals surface area (Å²) >= 11 is 0. The van der Waals surface area contributed by atoms with Gasteiger partial charge in [-0.2, -0.15) is 5.26 Å². The summed E-state index contributed by atoms with van der Waals surface area (Å²) in [5.41, 5.74) is 3.28. The van der Waals surface area contributed by atoms with Gasteiger partial charge in [0.2, 0.25) is 0 Å². The number of anilines is 2. The Bertz CT molecular complexity index is 614. The second kappa shape index (κ2) is 4.89. The zero-order valence-corrected chi connectivity index (χ0v) is 10.3. The molecule has 2 aromatic carbocycles. The summed E-state index contributed by atoms with van der Waals surface area (Å²) < 4.78 is 13.2. The molecule has 0 radical (unpaired) electrons. The first-order chi connectivity index (χ1) is 8.61. The van der Waals surface area contributed by atoms with E-state index in [2.05, 4.69) is 6.07 Å². The summed E-state index contributed by atoms with van der Waals surface area (Å²) in [5, 5.41) is 8.89. The number of aryl methyl sites for hydroxylation is 1. The van der Waals surface area contributed by atoms with Crippen LogP contribution in [-0.2, 0) is 0 Å². The molecular weight excluding hydrogens is 227 g/mol. The lowest BCUT2D eigenvalue weighted by atomic mass is 10.1. The van der Waals surface area contributed by atoms with Crippen LogP contribution in [0.2, 0.25) is 0 Å². The Hall–Kier alpha value is -2.34. The normalized spacial score (nSPS) is 9.89. The minimum Gasteiger partial charge on any atom is -0.345 e. The van der Waals surface area contributed by atoms with Crippen LogP contribution in [0, 0.1) is 24.1 Å². The molecule has 0 spiro atoms. The smallest absolute Gasteiger partial charge is 0.125 e. The van der Waals surface area contributed by atoms with Crippen LogP contribution in [0.15, 0.2) is 42.5 Å². The summed E-state index contributed by atoms with van der Waals surface area (Å²) in [6.45, 7) is 1.89. The Morgan fingerprint density at radius 1 is 1.11 bits per heavy atom. The quantitative estimate of drug-likeness (QED) is 0.798. The second-order valence-electron chi connectivity index (χ2n) is 4.15. The van der Waals surface area contributed by atoms with Crippen LogP contribution in [-0.4, -0.2) is 7.05 Å². The molecule has 0 aliphatic carbocycles. The van der Waals surface area contributed by atoms with Crippen molar-refractivity contribution < 1.29 is 4.39 Å². The highest BCUT2D eigenvalue weighted by Crippen LogP contribution is 2.25. The maximum absolute atomic E-state index is 13.2. The van der Waals surface area contributed by atoms with Crippen molar-refractivity contribution in [2.75, 3.05) is 11.9 Å². The van der Waals surface area contributed by atoms with Gasteiger partial charge in [0, 0.05) is 18.4 Å². The van der Waals surface area contributed by atoms with Crippen molar-refractivity contribution in [1.82, 2.24) is 0 Å².